The Hall–Kier alpha value is -2.30. The third-order valence-electron chi connectivity index (χ3n) is 4.51. The van der Waals surface area contributed by atoms with Crippen molar-refractivity contribution in [2.75, 3.05) is 13.1 Å². The van der Waals surface area contributed by atoms with Gasteiger partial charge in [-0.05, 0) is 52.8 Å². The van der Waals surface area contributed by atoms with Gasteiger partial charge in [-0.25, -0.2) is 4.39 Å². The van der Waals surface area contributed by atoms with E-state index in [2.05, 4.69) is 39.5 Å². The molecule has 2 aromatic heterocycles. The molecule has 0 fully saturated rings. The molecule has 0 spiro atoms. The molecule has 0 aliphatic carbocycles. The summed E-state index contributed by atoms with van der Waals surface area (Å²) in [6.45, 7) is 2.91. The summed E-state index contributed by atoms with van der Waals surface area (Å²) in [6, 6.07) is 13.0. The van der Waals surface area contributed by atoms with E-state index in [-0.39, 0.29) is 5.82 Å². The third kappa shape index (κ3) is 3.86. The maximum absolute atomic E-state index is 13.1. The second kappa shape index (κ2) is 7.30. The van der Waals surface area contributed by atoms with E-state index in [4.69, 9.17) is 0 Å². The maximum atomic E-state index is 13.1. The van der Waals surface area contributed by atoms with Crippen molar-refractivity contribution >= 4 is 16.9 Å². The van der Waals surface area contributed by atoms with Gasteiger partial charge in [0.1, 0.15) is 5.82 Å². The predicted octanol–water partition coefficient (Wildman–Crippen LogP) is 5.24. The lowest BCUT2D eigenvalue weighted by Gasteiger charge is -2.26. The van der Waals surface area contributed by atoms with Gasteiger partial charge in [-0.2, -0.15) is 0 Å². The van der Waals surface area contributed by atoms with E-state index >= 15 is 0 Å². The summed E-state index contributed by atoms with van der Waals surface area (Å²) in [5.74, 6) is -0.213. The molecule has 1 aromatic carbocycles. The van der Waals surface area contributed by atoms with Crippen LogP contribution in [0.1, 0.15) is 16.9 Å². The van der Waals surface area contributed by atoms with E-state index in [0.717, 1.165) is 37.2 Å². The highest BCUT2D eigenvalue weighted by atomic mass is 32.1. The van der Waals surface area contributed by atoms with Gasteiger partial charge in [-0.1, -0.05) is 24.3 Å². The Morgan fingerprint density at radius 3 is 2.68 bits per heavy atom. The van der Waals surface area contributed by atoms with Gasteiger partial charge in [0, 0.05) is 42.5 Å². The number of nitrogens with zero attached hydrogens (tertiary/aromatic N) is 2. The third-order valence-corrected chi connectivity index (χ3v) is 5.45. The second-order valence-corrected chi connectivity index (χ2v) is 7.23. The van der Waals surface area contributed by atoms with E-state index in [1.54, 1.807) is 12.1 Å². The zero-order chi connectivity index (χ0) is 17.1. The molecular formula is C21H19FN2S. The normalized spacial score (nSPS) is 15.2. The van der Waals surface area contributed by atoms with Crippen LogP contribution in [0.25, 0.3) is 16.7 Å². The number of hydrogen-bond acceptors (Lipinski definition) is 3. The Labute approximate surface area is 151 Å². The lowest BCUT2D eigenvalue weighted by atomic mass is 10.0. The highest BCUT2D eigenvalue weighted by Gasteiger charge is 2.14. The van der Waals surface area contributed by atoms with Gasteiger partial charge in [-0.3, -0.25) is 9.88 Å². The van der Waals surface area contributed by atoms with E-state index in [1.807, 2.05) is 23.7 Å². The summed E-state index contributed by atoms with van der Waals surface area (Å²) in [5, 5.41) is 2.13. The summed E-state index contributed by atoms with van der Waals surface area (Å²) in [4.78, 5) is 8.19. The first-order valence-electron chi connectivity index (χ1n) is 8.43. The zero-order valence-electron chi connectivity index (χ0n) is 13.9. The number of benzene rings is 1. The van der Waals surface area contributed by atoms with E-state index < -0.39 is 0 Å². The van der Waals surface area contributed by atoms with Gasteiger partial charge in [0.15, 0.2) is 0 Å². The lowest BCUT2D eigenvalue weighted by molar-refractivity contribution is 0.294. The number of hydrogen-bond donors (Lipinski definition) is 0. The van der Waals surface area contributed by atoms with Gasteiger partial charge in [0.05, 0.1) is 0 Å². The van der Waals surface area contributed by atoms with Crippen molar-refractivity contribution in [1.82, 2.24) is 9.88 Å². The zero-order valence-corrected chi connectivity index (χ0v) is 14.7. The molecule has 25 heavy (non-hydrogen) atoms. The van der Waals surface area contributed by atoms with Gasteiger partial charge >= 0.3 is 0 Å². The van der Waals surface area contributed by atoms with E-state index in [1.165, 1.54) is 28.1 Å². The highest BCUT2D eigenvalue weighted by Crippen LogP contribution is 2.27. The Morgan fingerprint density at radius 1 is 1.08 bits per heavy atom. The van der Waals surface area contributed by atoms with Crippen LogP contribution in [0.3, 0.4) is 0 Å². The molecule has 0 unspecified atom stereocenters. The van der Waals surface area contributed by atoms with Crippen molar-refractivity contribution in [2.24, 2.45) is 0 Å². The Morgan fingerprint density at radius 2 is 1.96 bits per heavy atom. The highest BCUT2D eigenvalue weighted by molar-refractivity contribution is 7.11. The minimum Gasteiger partial charge on any atom is -0.295 e. The summed E-state index contributed by atoms with van der Waals surface area (Å²) in [6.07, 6.45) is 7.19. The summed E-state index contributed by atoms with van der Waals surface area (Å²) in [5.41, 5.74) is 4.68. The first kappa shape index (κ1) is 16.2. The lowest BCUT2D eigenvalue weighted by Crippen LogP contribution is -2.27. The molecule has 1 aliphatic heterocycles. The molecule has 2 nitrogen and oxygen atoms in total. The average molecular weight is 350 g/mol. The number of pyridine rings is 1. The van der Waals surface area contributed by atoms with Crippen LogP contribution >= 0.6 is 11.3 Å². The Balaban J connectivity index is 1.45. The van der Waals surface area contributed by atoms with Crippen LogP contribution < -0.4 is 0 Å². The monoisotopic (exact) mass is 350 g/mol. The SMILES string of the molecule is Fc1ccc(-c2cncc(CN3CC=C(c4cccs4)CC3)c2)cc1. The van der Waals surface area contributed by atoms with Crippen molar-refractivity contribution in [3.05, 3.63) is 82.6 Å². The molecule has 4 heteroatoms. The van der Waals surface area contributed by atoms with Crippen molar-refractivity contribution in [1.29, 1.82) is 0 Å². The molecule has 0 radical (unpaired) electrons. The van der Waals surface area contributed by atoms with Crippen LogP contribution in [0.2, 0.25) is 0 Å². The van der Waals surface area contributed by atoms with Crippen molar-refractivity contribution in [3.8, 4) is 11.1 Å². The van der Waals surface area contributed by atoms with Gasteiger partial charge < -0.3 is 0 Å². The van der Waals surface area contributed by atoms with Gasteiger partial charge in [0.2, 0.25) is 0 Å². The largest absolute Gasteiger partial charge is 0.295 e. The second-order valence-electron chi connectivity index (χ2n) is 6.28. The minimum atomic E-state index is -0.213. The maximum Gasteiger partial charge on any atom is 0.123 e. The first-order chi connectivity index (χ1) is 12.3. The molecule has 0 amide bonds. The fourth-order valence-corrected chi connectivity index (χ4v) is 3.97. The molecular weight excluding hydrogens is 331 g/mol. The van der Waals surface area contributed by atoms with Crippen LogP contribution in [-0.2, 0) is 6.54 Å². The van der Waals surface area contributed by atoms with Crippen LogP contribution in [0.5, 0.6) is 0 Å². The fraction of sp³-hybridized carbons (Fsp3) is 0.190. The smallest absolute Gasteiger partial charge is 0.123 e. The molecule has 3 heterocycles. The minimum absolute atomic E-state index is 0.213. The Bertz CT molecular complexity index is 869. The molecule has 0 bridgehead atoms. The number of rotatable bonds is 4. The number of thiophene rings is 1. The quantitative estimate of drug-likeness (QED) is 0.640. The topological polar surface area (TPSA) is 16.1 Å². The van der Waals surface area contributed by atoms with Crippen LogP contribution in [0, 0.1) is 5.82 Å². The van der Waals surface area contributed by atoms with E-state index in [9.17, 15) is 4.39 Å². The molecule has 3 aromatic rings. The molecule has 0 N–H and O–H groups in total. The Kier molecular flexibility index (Phi) is 4.72. The summed E-state index contributed by atoms with van der Waals surface area (Å²) < 4.78 is 13.1. The van der Waals surface area contributed by atoms with Crippen molar-refractivity contribution in [2.45, 2.75) is 13.0 Å². The van der Waals surface area contributed by atoms with E-state index in [0.29, 0.717) is 0 Å². The van der Waals surface area contributed by atoms with Crippen LogP contribution in [0.15, 0.2) is 66.3 Å². The number of halogens is 1. The molecule has 0 atom stereocenters. The molecule has 0 saturated carbocycles. The molecule has 1 aliphatic rings. The predicted molar refractivity (Wildman–Crippen MR) is 102 cm³/mol. The molecule has 126 valence electrons. The average Bonchev–Trinajstić information content (AvgIpc) is 3.18. The van der Waals surface area contributed by atoms with Gasteiger partial charge in [0.25, 0.3) is 0 Å². The van der Waals surface area contributed by atoms with Gasteiger partial charge in [-0.15, -0.1) is 11.3 Å². The summed E-state index contributed by atoms with van der Waals surface area (Å²) >= 11 is 1.81. The summed E-state index contributed by atoms with van der Waals surface area (Å²) in [7, 11) is 0. The van der Waals surface area contributed by atoms with Crippen LogP contribution in [-0.4, -0.2) is 23.0 Å². The standard InChI is InChI=1S/C21H19FN2S/c22-20-5-3-17(4-6-20)19-12-16(13-23-14-19)15-24-9-7-18(8-10-24)21-2-1-11-25-21/h1-7,11-14H,8-10,15H2. The van der Waals surface area contributed by atoms with Crippen molar-refractivity contribution in [3.63, 3.8) is 0 Å². The first-order valence-corrected chi connectivity index (χ1v) is 9.31. The fourth-order valence-electron chi connectivity index (χ4n) is 3.17. The number of aromatic nitrogens is 1. The molecule has 0 saturated heterocycles. The van der Waals surface area contributed by atoms with Crippen LogP contribution in [0.4, 0.5) is 4.39 Å². The molecule has 4 rings (SSSR count). The van der Waals surface area contributed by atoms with Crippen molar-refractivity contribution < 1.29 is 4.39 Å².